The van der Waals surface area contributed by atoms with E-state index in [4.69, 9.17) is 0 Å². The summed E-state index contributed by atoms with van der Waals surface area (Å²) in [5.74, 6) is -0.0666. The highest BCUT2D eigenvalue weighted by Crippen LogP contribution is 2.26. The smallest absolute Gasteiger partial charge is 0.227 e. The van der Waals surface area contributed by atoms with Crippen LogP contribution in [0, 0.1) is 0 Å². The van der Waals surface area contributed by atoms with Crippen LogP contribution in [0.4, 0.5) is 11.4 Å². The Labute approximate surface area is 144 Å². The largest absolute Gasteiger partial charge is 0.389 e. The van der Waals surface area contributed by atoms with Crippen LogP contribution >= 0.6 is 0 Å². The quantitative estimate of drug-likeness (QED) is 0.766. The first kappa shape index (κ1) is 18.5. The first-order chi connectivity index (χ1) is 11.5. The van der Waals surface area contributed by atoms with Crippen molar-refractivity contribution in [1.82, 2.24) is 0 Å². The predicted molar refractivity (Wildman–Crippen MR) is 96.0 cm³/mol. The fraction of sp³-hybridized carbons (Fsp3) is 0.579. The maximum atomic E-state index is 12.3. The number of rotatable bonds is 8. The summed E-state index contributed by atoms with van der Waals surface area (Å²) in [5.41, 5.74) is 0.538. The molecule has 1 saturated heterocycles. The van der Waals surface area contributed by atoms with E-state index in [2.05, 4.69) is 5.32 Å². The summed E-state index contributed by atoms with van der Waals surface area (Å²) >= 11 is 0. The van der Waals surface area contributed by atoms with Crippen LogP contribution in [0.1, 0.15) is 58.8 Å². The van der Waals surface area contributed by atoms with Crippen LogP contribution < -0.4 is 10.2 Å². The molecule has 1 heterocycles. The highest BCUT2D eigenvalue weighted by Gasteiger charge is 2.28. The summed E-state index contributed by atoms with van der Waals surface area (Å²) in [7, 11) is 0. The van der Waals surface area contributed by atoms with Gasteiger partial charge in [-0.25, -0.2) is 0 Å². The Kier molecular flexibility index (Phi) is 6.37. The maximum Gasteiger partial charge on any atom is 0.227 e. The summed E-state index contributed by atoms with van der Waals surface area (Å²) in [4.78, 5) is 25.9. The molecule has 0 spiro atoms. The van der Waals surface area contributed by atoms with Gasteiger partial charge < -0.3 is 15.3 Å². The molecule has 0 saturated carbocycles. The van der Waals surface area contributed by atoms with E-state index in [0.29, 0.717) is 24.9 Å². The van der Waals surface area contributed by atoms with E-state index in [1.54, 1.807) is 11.0 Å². The zero-order chi connectivity index (χ0) is 17.6. The van der Waals surface area contributed by atoms with Gasteiger partial charge in [-0.15, -0.1) is 0 Å². The van der Waals surface area contributed by atoms with Gasteiger partial charge in [0.2, 0.25) is 11.8 Å². The van der Waals surface area contributed by atoms with Gasteiger partial charge in [0, 0.05) is 24.3 Å². The van der Waals surface area contributed by atoms with Crippen LogP contribution in [0.25, 0.3) is 0 Å². The number of anilines is 2. The van der Waals surface area contributed by atoms with Crippen molar-refractivity contribution in [3.8, 4) is 0 Å². The van der Waals surface area contributed by atoms with Crippen LogP contribution in [-0.2, 0) is 9.59 Å². The van der Waals surface area contributed by atoms with Gasteiger partial charge in [0.05, 0.1) is 12.0 Å². The molecule has 1 aliphatic rings. The first-order valence-corrected chi connectivity index (χ1v) is 8.90. The van der Waals surface area contributed by atoms with Crippen LogP contribution in [0.3, 0.4) is 0 Å². The summed E-state index contributed by atoms with van der Waals surface area (Å²) in [6.45, 7) is 4.74. The summed E-state index contributed by atoms with van der Waals surface area (Å²) < 4.78 is 0. The van der Waals surface area contributed by atoms with Crippen LogP contribution in [0.2, 0.25) is 0 Å². The fourth-order valence-corrected chi connectivity index (χ4v) is 3.41. The van der Waals surface area contributed by atoms with Gasteiger partial charge in [0.25, 0.3) is 0 Å². The molecule has 2 N–H and O–H groups in total. The first-order valence-electron chi connectivity index (χ1n) is 8.90. The fourth-order valence-electron chi connectivity index (χ4n) is 3.41. The van der Waals surface area contributed by atoms with Crippen molar-refractivity contribution in [3.63, 3.8) is 0 Å². The van der Waals surface area contributed by atoms with Gasteiger partial charge >= 0.3 is 0 Å². The number of aliphatic hydroxyl groups is 1. The van der Waals surface area contributed by atoms with Crippen molar-refractivity contribution in [3.05, 3.63) is 24.3 Å². The van der Waals surface area contributed by atoms with Crippen molar-refractivity contribution in [2.75, 3.05) is 16.8 Å². The summed E-state index contributed by atoms with van der Waals surface area (Å²) in [5, 5.41) is 13.5. The standard InChI is InChI=1S/C19H28N2O3/c1-3-10-19(24,11-4-2)14-17(22)20-15-7-5-8-16(13-15)21-12-6-9-18(21)23/h5,7-8,13,24H,3-4,6,9-12,14H2,1-2H3,(H,20,22). The number of nitrogens with one attached hydrogen (secondary N) is 1. The van der Waals surface area contributed by atoms with Crippen LogP contribution in [0.5, 0.6) is 0 Å². The highest BCUT2D eigenvalue weighted by atomic mass is 16.3. The Morgan fingerprint density at radius 3 is 2.58 bits per heavy atom. The number of hydrogen-bond acceptors (Lipinski definition) is 3. The lowest BCUT2D eigenvalue weighted by molar-refractivity contribution is -0.121. The van der Waals surface area contributed by atoms with E-state index >= 15 is 0 Å². The Bertz CT molecular complexity index is 580. The molecule has 132 valence electrons. The Morgan fingerprint density at radius 2 is 2.00 bits per heavy atom. The predicted octanol–water partition coefficient (Wildman–Crippen LogP) is 3.47. The molecular formula is C19H28N2O3. The average Bonchev–Trinajstić information content (AvgIpc) is 2.93. The molecule has 1 fully saturated rings. The molecule has 0 bridgehead atoms. The molecule has 2 rings (SSSR count). The topological polar surface area (TPSA) is 69.6 Å². The minimum Gasteiger partial charge on any atom is -0.389 e. The molecule has 1 aromatic carbocycles. The maximum absolute atomic E-state index is 12.3. The molecule has 5 nitrogen and oxygen atoms in total. The molecule has 0 atom stereocenters. The Morgan fingerprint density at radius 1 is 1.29 bits per heavy atom. The number of nitrogens with zero attached hydrogens (tertiary/aromatic N) is 1. The molecule has 2 amide bonds. The zero-order valence-corrected chi connectivity index (χ0v) is 14.7. The van der Waals surface area contributed by atoms with Gasteiger partial charge in [-0.1, -0.05) is 32.8 Å². The van der Waals surface area contributed by atoms with Gasteiger partial charge in [-0.2, -0.15) is 0 Å². The summed E-state index contributed by atoms with van der Waals surface area (Å²) in [6.07, 6.45) is 4.48. The molecule has 24 heavy (non-hydrogen) atoms. The van der Waals surface area contributed by atoms with Crippen molar-refractivity contribution in [2.45, 2.75) is 64.4 Å². The van der Waals surface area contributed by atoms with Crippen molar-refractivity contribution in [2.24, 2.45) is 0 Å². The third-order valence-corrected chi connectivity index (χ3v) is 4.44. The lowest BCUT2D eigenvalue weighted by atomic mass is 9.89. The van der Waals surface area contributed by atoms with Crippen LogP contribution in [0.15, 0.2) is 24.3 Å². The van der Waals surface area contributed by atoms with Crippen molar-refractivity contribution in [1.29, 1.82) is 0 Å². The number of amides is 2. The Hall–Kier alpha value is -1.88. The average molecular weight is 332 g/mol. The van der Waals surface area contributed by atoms with Crippen LogP contribution in [-0.4, -0.2) is 29.1 Å². The zero-order valence-electron chi connectivity index (χ0n) is 14.7. The second kappa shape index (κ2) is 8.29. The second-order valence-corrected chi connectivity index (χ2v) is 6.65. The minimum absolute atomic E-state index is 0.0988. The van der Waals surface area contributed by atoms with Gasteiger partial charge in [0.15, 0.2) is 0 Å². The molecule has 0 aromatic heterocycles. The monoisotopic (exact) mass is 332 g/mol. The molecule has 1 aliphatic heterocycles. The van der Waals surface area contributed by atoms with Crippen molar-refractivity contribution >= 4 is 23.2 Å². The van der Waals surface area contributed by atoms with Gasteiger partial charge in [-0.3, -0.25) is 9.59 Å². The van der Waals surface area contributed by atoms with Crippen molar-refractivity contribution < 1.29 is 14.7 Å². The number of carbonyl (C=O) groups excluding carboxylic acids is 2. The minimum atomic E-state index is -0.934. The number of carbonyl (C=O) groups is 2. The number of hydrogen-bond donors (Lipinski definition) is 2. The third kappa shape index (κ3) is 4.81. The number of benzene rings is 1. The van der Waals surface area contributed by atoms with E-state index in [9.17, 15) is 14.7 Å². The second-order valence-electron chi connectivity index (χ2n) is 6.65. The Balaban J connectivity index is 2.02. The van der Waals surface area contributed by atoms with Gasteiger partial charge in [-0.05, 0) is 37.5 Å². The van der Waals surface area contributed by atoms with E-state index in [1.807, 2.05) is 32.0 Å². The lowest BCUT2D eigenvalue weighted by Gasteiger charge is -2.27. The molecular weight excluding hydrogens is 304 g/mol. The SMILES string of the molecule is CCCC(O)(CCC)CC(=O)Nc1cccc(N2CCCC2=O)c1. The van der Waals surface area contributed by atoms with Gasteiger partial charge in [0.1, 0.15) is 0 Å². The van der Waals surface area contributed by atoms with E-state index in [0.717, 1.165) is 31.5 Å². The summed E-state index contributed by atoms with van der Waals surface area (Å²) in [6, 6.07) is 7.34. The van der Waals surface area contributed by atoms with E-state index < -0.39 is 5.60 Å². The molecule has 0 unspecified atom stereocenters. The molecule has 0 radical (unpaired) electrons. The molecule has 0 aliphatic carbocycles. The molecule has 1 aromatic rings. The third-order valence-electron chi connectivity index (χ3n) is 4.44. The van der Waals surface area contributed by atoms with E-state index in [1.165, 1.54) is 0 Å². The molecule has 5 heteroatoms. The highest BCUT2D eigenvalue weighted by molar-refractivity contribution is 5.97. The lowest BCUT2D eigenvalue weighted by Crippen LogP contribution is -2.33. The normalized spacial score (nSPS) is 15.0. The van der Waals surface area contributed by atoms with E-state index in [-0.39, 0.29) is 18.2 Å².